The van der Waals surface area contributed by atoms with Gasteiger partial charge in [-0.25, -0.2) is 0 Å². The van der Waals surface area contributed by atoms with E-state index in [1.54, 1.807) is 0 Å². The molecule has 0 radical (unpaired) electrons. The molecule has 0 aliphatic heterocycles. The molecule has 1 aromatic carbocycles. The van der Waals surface area contributed by atoms with Crippen LogP contribution in [0, 0.1) is 0 Å². The van der Waals surface area contributed by atoms with Crippen LogP contribution >= 0.6 is 15.9 Å². The smallest absolute Gasteiger partial charge is 0.0774 e. The summed E-state index contributed by atoms with van der Waals surface area (Å²) in [6.45, 7) is 1.77. The monoisotopic (exact) mass is 354 g/mol. The number of nitrogens with zero attached hydrogens (tertiary/aromatic N) is 1. The third-order valence-corrected chi connectivity index (χ3v) is 5.25. The maximum absolute atomic E-state index is 10.5. The molecule has 4 heteroatoms. The first kappa shape index (κ1) is 16.9. The first-order chi connectivity index (χ1) is 10.0. The zero-order valence-electron chi connectivity index (χ0n) is 13.1. The van der Waals surface area contributed by atoms with Crippen LogP contribution in [0.15, 0.2) is 28.7 Å². The van der Waals surface area contributed by atoms with Gasteiger partial charge in [-0.15, -0.1) is 0 Å². The lowest BCUT2D eigenvalue weighted by atomic mass is 10.0. The van der Waals surface area contributed by atoms with Crippen LogP contribution in [0.2, 0.25) is 0 Å². The van der Waals surface area contributed by atoms with E-state index < -0.39 is 5.60 Å². The standard InChI is InChI=1S/C17H27BrN2O/c1-19-16(14-7-3-4-8-15(14)18)9-12-20(2)13-17(21)10-5-6-11-17/h3-4,7-8,16,19,21H,5-6,9-13H2,1-2H3. The summed E-state index contributed by atoms with van der Waals surface area (Å²) in [4.78, 5) is 2.27. The van der Waals surface area contributed by atoms with Crippen molar-refractivity contribution in [1.82, 2.24) is 10.2 Å². The average molecular weight is 355 g/mol. The van der Waals surface area contributed by atoms with Gasteiger partial charge in [0, 0.05) is 17.1 Å². The van der Waals surface area contributed by atoms with E-state index in [0.717, 1.165) is 36.8 Å². The Morgan fingerprint density at radius 1 is 1.33 bits per heavy atom. The minimum Gasteiger partial charge on any atom is -0.389 e. The number of halogens is 1. The predicted molar refractivity (Wildman–Crippen MR) is 91.5 cm³/mol. The Morgan fingerprint density at radius 2 is 2.00 bits per heavy atom. The molecular weight excluding hydrogens is 328 g/mol. The second-order valence-corrected chi connectivity index (χ2v) is 7.18. The summed E-state index contributed by atoms with van der Waals surface area (Å²) in [5, 5.41) is 13.9. The van der Waals surface area contributed by atoms with Crippen molar-refractivity contribution in [2.24, 2.45) is 0 Å². The van der Waals surface area contributed by atoms with Crippen molar-refractivity contribution < 1.29 is 5.11 Å². The molecule has 0 bridgehead atoms. The van der Waals surface area contributed by atoms with E-state index in [2.05, 4.69) is 51.4 Å². The Labute approximate surface area is 136 Å². The quantitative estimate of drug-likeness (QED) is 0.788. The maximum atomic E-state index is 10.5. The third-order valence-electron chi connectivity index (χ3n) is 4.53. The summed E-state index contributed by atoms with van der Waals surface area (Å²) >= 11 is 3.63. The molecule has 1 fully saturated rings. The average Bonchev–Trinajstić information content (AvgIpc) is 2.87. The largest absolute Gasteiger partial charge is 0.389 e. The zero-order chi connectivity index (χ0) is 15.3. The Balaban J connectivity index is 1.87. The Kier molecular flexibility index (Phi) is 6.23. The number of hydrogen-bond donors (Lipinski definition) is 2. The van der Waals surface area contributed by atoms with Crippen molar-refractivity contribution in [1.29, 1.82) is 0 Å². The Bertz CT molecular complexity index is 446. The third kappa shape index (κ3) is 4.78. The molecule has 1 saturated carbocycles. The summed E-state index contributed by atoms with van der Waals surface area (Å²) in [7, 11) is 4.12. The van der Waals surface area contributed by atoms with Crippen LogP contribution in [-0.4, -0.2) is 42.8 Å². The molecule has 0 saturated heterocycles. The molecule has 0 amide bonds. The van der Waals surface area contributed by atoms with Crippen LogP contribution in [-0.2, 0) is 0 Å². The van der Waals surface area contributed by atoms with Gasteiger partial charge in [-0.1, -0.05) is 47.0 Å². The minimum atomic E-state index is -0.447. The van der Waals surface area contributed by atoms with Crippen molar-refractivity contribution in [3.05, 3.63) is 34.3 Å². The molecule has 0 spiro atoms. The van der Waals surface area contributed by atoms with Gasteiger partial charge >= 0.3 is 0 Å². The molecule has 1 atom stereocenters. The summed E-state index contributed by atoms with van der Waals surface area (Å²) in [5.41, 5.74) is 0.852. The second-order valence-electron chi connectivity index (χ2n) is 6.32. The molecule has 1 aliphatic rings. The van der Waals surface area contributed by atoms with E-state index in [1.807, 2.05) is 13.1 Å². The number of rotatable bonds is 7. The topological polar surface area (TPSA) is 35.5 Å². The van der Waals surface area contributed by atoms with Gasteiger partial charge in [0.15, 0.2) is 0 Å². The first-order valence-electron chi connectivity index (χ1n) is 7.87. The van der Waals surface area contributed by atoms with Gasteiger partial charge in [0.2, 0.25) is 0 Å². The lowest BCUT2D eigenvalue weighted by molar-refractivity contribution is 0.0156. The van der Waals surface area contributed by atoms with Gasteiger partial charge in [-0.2, -0.15) is 0 Å². The van der Waals surface area contributed by atoms with Gasteiger partial charge in [-0.3, -0.25) is 0 Å². The zero-order valence-corrected chi connectivity index (χ0v) is 14.7. The highest BCUT2D eigenvalue weighted by Gasteiger charge is 2.32. The van der Waals surface area contributed by atoms with Crippen LogP contribution in [0.5, 0.6) is 0 Å². The molecule has 2 rings (SSSR count). The molecule has 1 unspecified atom stereocenters. The summed E-state index contributed by atoms with van der Waals surface area (Å²) in [5.74, 6) is 0. The molecular formula is C17H27BrN2O. The summed E-state index contributed by atoms with van der Waals surface area (Å²) < 4.78 is 1.15. The Morgan fingerprint density at radius 3 is 2.62 bits per heavy atom. The minimum absolute atomic E-state index is 0.334. The number of hydrogen-bond acceptors (Lipinski definition) is 3. The number of nitrogens with one attached hydrogen (secondary N) is 1. The van der Waals surface area contributed by atoms with Gasteiger partial charge in [0.05, 0.1) is 5.60 Å². The molecule has 21 heavy (non-hydrogen) atoms. The van der Waals surface area contributed by atoms with Crippen LogP contribution in [0.3, 0.4) is 0 Å². The van der Waals surface area contributed by atoms with Gasteiger partial charge in [0.25, 0.3) is 0 Å². The maximum Gasteiger partial charge on any atom is 0.0774 e. The molecule has 0 aromatic heterocycles. The van der Waals surface area contributed by atoms with Gasteiger partial charge in [0.1, 0.15) is 0 Å². The molecule has 3 nitrogen and oxygen atoms in total. The van der Waals surface area contributed by atoms with E-state index in [4.69, 9.17) is 0 Å². The number of benzene rings is 1. The summed E-state index contributed by atoms with van der Waals surface area (Å²) in [6.07, 6.45) is 5.28. The van der Waals surface area contributed by atoms with Crippen molar-refractivity contribution in [2.45, 2.75) is 43.7 Å². The molecule has 1 aliphatic carbocycles. The van der Waals surface area contributed by atoms with E-state index in [1.165, 1.54) is 18.4 Å². The van der Waals surface area contributed by atoms with E-state index in [0.29, 0.717) is 6.04 Å². The van der Waals surface area contributed by atoms with Crippen LogP contribution in [0.1, 0.15) is 43.7 Å². The lowest BCUT2D eigenvalue weighted by Gasteiger charge is -2.29. The van der Waals surface area contributed by atoms with Crippen molar-refractivity contribution >= 4 is 15.9 Å². The SMILES string of the molecule is CNC(CCN(C)CC1(O)CCCC1)c1ccccc1Br. The molecule has 0 heterocycles. The highest BCUT2D eigenvalue weighted by molar-refractivity contribution is 9.10. The fourth-order valence-electron chi connectivity index (χ4n) is 3.34. The van der Waals surface area contributed by atoms with Crippen LogP contribution in [0.25, 0.3) is 0 Å². The van der Waals surface area contributed by atoms with Gasteiger partial charge in [-0.05, 0) is 51.5 Å². The van der Waals surface area contributed by atoms with Crippen LogP contribution in [0.4, 0.5) is 0 Å². The van der Waals surface area contributed by atoms with Crippen molar-refractivity contribution in [3.63, 3.8) is 0 Å². The summed E-state index contributed by atoms with van der Waals surface area (Å²) in [6, 6.07) is 8.71. The predicted octanol–water partition coefficient (Wildman–Crippen LogP) is 3.34. The fourth-order valence-corrected chi connectivity index (χ4v) is 3.90. The van der Waals surface area contributed by atoms with Crippen molar-refractivity contribution in [2.75, 3.05) is 27.2 Å². The first-order valence-corrected chi connectivity index (χ1v) is 8.66. The fraction of sp³-hybridized carbons (Fsp3) is 0.647. The van der Waals surface area contributed by atoms with E-state index >= 15 is 0 Å². The normalized spacial score (nSPS) is 19.1. The Hall–Kier alpha value is -0.420. The van der Waals surface area contributed by atoms with Crippen LogP contribution < -0.4 is 5.32 Å². The van der Waals surface area contributed by atoms with E-state index in [9.17, 15) is 5.11 Å². The van der Waals surface area contributed by atoms with Gasteiger partial charge < -0.3 is 15.3 Å². The van der Waals surface area contributed by atoms with E-state index in [-0.39, 0.29) is 0 Å². The highest BCUT2D eigenvalue weighted by Crippen LogP contribution is 2.30. The molecule has 1 aromatic rings. The number of likely N-dealkylation sites (N-methyl/N-ethyl adjacent to an activating group) is 1. The molecule has 118 valence electrons. The van der Waals surface area contributed by atoms with Crippen molar-refractivity contribution in [3.8, 4) is 0 Å². The lowest BCUT2D eigenvalue weighted by Crippen LogP contribution is -2.40. The molecule has 2 N–H and O–H groups in total. The highest BCUT2D eigenvalue weighted by atomic mass is 79.9. The number of aliphatic hydroxyl groups is 1. The second kappa shape index (κ2) is 7.73.